The normalized spacial score (nSPS) is 12.6. The summed E-state index contributed by atoms with van der Waals surface area (Å²) in [6.07, 6.45) is 1.95. The number of aromatic nitrogens is 2. The van der Waals surface area contributed by atoms with Gasteiger partial charge >= 0.3 is 0 Å². The number of nitrogens with one attached hydrogen (secondary N) is 1. The van der Waals surface area contributed by atoms with Crippen LogP contribution in [0.3, 0.4) is 0 Å². The topological polar surface area (TPSA) is 37.8 Å². The van der Waals surface area contributed by atoms with Gasteiger partial charge in [-0.05, 0) is 32.0 Å². The van der Waals surface area contributed by atoms with E-state index in [0.717, 1.165) is 17.9 Å². The van der Waals surface area contributed by atoms with Crippen LogP contribution in [-0.4, -0.2) is 16.5 Å². The molecule has 1 N–H and O–H groups in total. The van der Waals surface area contributed by atoms with Crippen LogP contribution in [0.2, 0.25) is 0 Å². The van der Waals surface area contributed by atoms with Gasteiger partial charge in [0.25, 0.3) is 0 Å². The maximum Gasteiger partial charge on any atom is 0.0798 e. The average molecular weight is 247 g/mol. The summed E-state index contributed by atoms with van der Waals surface area (Å²) in [4.78, 5) is 9.96. The highest BCUT2D eigenvalue weighted by Crippen LogP contribution is 2.27. The van der Waals surface area contributed by atoms with Crippen LogP contribution >= 0.6 is 11.3 Å². The number of nitrogens with zero attached hydrogens (tertiary/aromatic N) is 2. The van der Waals surface area contributed by atoms with E-state index in [1.807, 2.05) is 18.6 Å². The van der Waals surface area contributed by atoms with Gasteiger partial charge in [0.1, 0.15) is 0 Å². The Morgan fingerprint density at radius 1 is 1.29 bits per heavy atom. The summed E-state index contributed by atoms with van der Waals surface area (Å²) in [6, 6.07) is 4.39. The minimum absolute atomic E-state index is 0.209. The van der Waals surface area contributed by atoms with Gasteiger partial charge in [0.05, 0.1) is 17.2 Å². The molecular formula is C13H17N3S. The number of hydrogen-bond acceptors (Lipinski definition) is 4. The summed E-state index contributed by atoms with van der Waals surface area (Å²) in [6.45, 7) is 7.10. The van der Waals surface area contributed by atoms with Gasteiger partial charge in [0.2, 0.25) is 0 Å². The molecule has 2 aromatic heterocycles. The molecule has 0 aliphatic carbocycles. The van der Waals surface area contributed by atoms with Crippen molar-refractivity contribution >= 4 is 11.3 Å². The van der Waals surface area contributed by atoms with Crippen molar-refractivity contribution in [2.24, 2.45) is 0 Å². The van der Waals surface area contributed by atoms with Crippen molar-refractivity contribution in [3.05, 3.63) is 45.7 Å². The van der Waals surface area contributed by atoms with E-state index in [1.165, 1.54) is 10.4 Å². The molecular weight excluding hydrogens is 230 g/mol. The first-order chi connectivity index (χ1) is 8.22. The molecule has 0 aliphatic heterocycles. The minimum Gasteiger partial charge on any atom is -0.306 e. The molecule has 0 saturated heterocycles. The maximum atomic E-state index is 4.37. The molecule has 0 aromatic carbocycles. The second kappa shape index (κ2) is 5.38. The number of hydrogen-bond donors (Lipinski definition) is 1. The van der Waals surface area contributed by atoms with Crippen LogP contribution in [0.1, 0.15) is 34.8 Å². The number of aryl methyl sites for hydroxylation is 2. The third-order valence-electron chi connectivity index (χ3n) is 2.72. The quantitative estimate of drug-likeness (QED) is 0.902. The van der Waals surface area contributed by atoms with Gasteiger partial charge in [0.15, 0.2) is 0 Å². The lowest BCUT2D eigenvalue weighted by atomic mass is 10.1. The second-order valence-corrected chi connectivity index (χ2v) is 4.91. The predicted octanol–water partition coefficient (Wildman–Crippen LogP) is 2.85. The van der Waals surface area contributed by atoms with Crippen LogP contribution in [0.25, 0.3) is 0 Å². The summed E-state index contributed by atoms with van der Waals surface area (Å²) in [5, 5.41) is 3.49. The smallest absolute Gasteiger partial charge is 0.0798 e. The molecule has 1 unspecified atom stereocenters. The summed E-state index contributed by atoms with van der Waals surface area (Å²) in [7, 11) is 0. The van der Waals surface area contributed by atoms with Gasteiger partial charge in [0, 0.05) is 16.8 Å². The largest absolute Gasteiger partial charge is 0.306 e. The Morgan fingerprint density at radius 3 is 2.65 bits per heavy atom. The molecule has 0 bridgehead atoms. The molecule has 1 atom stereocenters. The Morgan fingerprint density at radius 2 is 2.12 bits per heavy atom. The Kier molecular flexibility index (Phi) is 3.86. The molecule has 0 radical (unpaired) electrons. The lowest BCUT2D eigenvalue weighted by molar-refractivity contribution is 0.633. The average Bonchev–Trinajstić information content (AvgIpc) is 2.74. The zero-order valence-electron chi connectivity index (χ0n) is 10.4. The van der Waals surface area contributed by atoms with E-state index in [1.54, 1.807) is 11.3 Å². The highest BCUT2D eigenvalue weighted by molar-refractivity contribution is 7.09. The molecule has 17 heavy (non-hydrogen) atoms. The maximum absolute atomic E-state index is 4.37. The zero-order chi connectivity index (χ0) is 12.3. The molecule has 2 rings (SSSR count). The van der Waals surface area contributed by atoms with Crippen LogP contribution < -0.4 is 5.32 Å². The number of thiazole rings is 1. The van der Waals surface area contributed by atoms with Crippen molar-refractivity contribution in [1.82, 2.24) is 15.3 Å². The molecule has 2 heterocycles. The lowest BCUT2D eigenvalue weighted by Crippen LogP contribution is -2.22. The molecule has 0 fully saturated rings. The van der Waals surface area contributed by atoms with E-state index in [0.29, 0.717) is 0 Å². The van der Waals surface area contributed by atoms with Gasteiger partial charge in [-0.1, -0.05) is 13.0 Å². The van der Waals surface area contributed by atoms with Crippen molar-refractivity contribution in [2.75, 3.05) is 6.54 Å². The molecule has 90 valence electrons. The van der Waals surface area contributed by atoms with E-state index in [4.69, 9.17) is 0 Å². The van der Waals surface area contributed by atoms with Crippen LogP contribution in [0, 0.1) is 13.8 Å². The molecule has 0 spiro atoms. The van der Waals surface area contributed by atoms with E-state index < -0.39 is 0 Å². The van der Waals surface area contributed by atoms with E-state index >= 15 is 0 Å². The SMILES string of the molecule is CCNC(c1ccc(C)nc1)c1scnc1C. The van der Waals surface area contributed by atoms with Crippen molar-refractivity contribution in [3.63, 3.8) is 0 Å². The molecule has 0 aliphatic rings. The first kappa shape index (κ1) is 12.2. The minimum atomic E-state index is 0.209. The molecule has 4 heteroatoms. The van der Waals surface area contributed by atoms with Gasteiger partial charge in [-0.15, -0.1) is 11.3 Å². The van der Waals surface area contributed by atoms with Crippen LogP contribution in [0.5, 0.6) is 0 Å². The van der Waals surface area contributed by atoms with Crippen molar-refractivity contribution < 1.29 is 0 Å². The number of rotatable bonds is 4. The van der Waals surface area contributed by atoms with Gasteiger partial charge in [-0.2, -0.15) is 0 Å². The van der Waals surface area contributed by atoms with Crippen LogP contribution in [0.4, 0.5) is 0 Å². The van der Waals surface area contributed by atoms with Crippen LogP contribution in [-0.2, 0) is 0 Å². The van der Waals surface area contributed by atoms with Gasteiger partial charge in [-0.3, -0.25) is 4.98 Å². The molecule has 0 amide bonds. The summed E-state index contributed by atoms with van der Waals surface area (Å²) >= 11 is 1.70. The fourth-order valence-electron chi connectivity index (χ4n) is 1.80. The molecule has 2 aromatic rings. The Bertz CT molecular complexity index is 476. The number of pyridine rings is 1. The Hall–Kier alpha value is -1.26. The van der Waals surface area contributed by atoms with E-state index in [9.17, 15) is 0 Å². The second-order valence-electron chi connectivity index (χ2n) is 4.03. The van der Waals surface area contributed by atoms with Crippen molar-refractivity contribution in [1.29, 1.82) is 0 Å². The van der Waals surface area contributed by atoms with E-state index in [-0.39, 0.29) is 6.04 Å². The Labute approximate surface area is 106 Å². The lowest BCUT2D eigenvalue weighted by Gasteiger charge is -2.17. The molecule has 0 saturated carbocycles. The fourth-order valence-corrected chi connectivity index (χ4v) is 2.71. The predicted molar refractivity (Wildman–Crippen MR) is 71.3 cm³/mol. The monoisotopic (exact) mass is 247 g/mol. The highest BCUT2D eigenvalue weighted by atomic mass is 32.1. The first-order valence-corrected chi connectivity index (χ1v) is 6.66. The summed E-state index contributed by atoms with van der Waals surface area (Å²) < 4.78 is 0. The standard InChI is InChI=1S/C13H17N3S/c1-4-14-12(13-10(3)16-8-17-13)11-6-5-9(2)15-7-11/h5-8,12,14H,4H2,1-3H3. The van der Waals surface area contributed by atoms with E-state index in [2.05, 4.69) is 41.3 Å². The zero-order valence-corrected chi connectivity index (χ0v) is 11.2. The summed E-state index contributed by atoms with van der Waals surface area (Å²) in [5.41, 5.74) is 5.24. The van der Waals surface area contributed by atoms with Crippen molar-refractivity contribution in [2.45, 2.75) is 26.8 Å². The third kappa shape index (κ3) is 2.70. The molecule has 3 nitrogen and oxygen atoms in total. The Balaban J connectivity index is 2.35. The highest BCUT2D eigenvalue weighted by Gasteiger charge is 2.17. The summed E-state index contributed by atoms with van der Waals surface area (Å²) in [5.74, 6) is 0. The van der Waals surface area contributed by atoms with Gasteiger partial charge in [-0.25, -0.2) is 4.98 Å². The third-order valence-corrected chi connectivity index (χ3v) is 3.72. The first-order valence-electron chi connectivity index (χ1n) is 5.78. The van der Waals surface area contributed by atoms with Crippen LogP contribution in [0.15, 0.2) is 23.8 Å². The van der Waals surface area contributed by atoms with Crippen molar-refractivity contribution in [3.8, 4) is 0 Å². The van der Waals surface area contributed by atoms with Gasteiger partial charge < -0.3 is 5.32 Å². The fraction of sp³-hybridized carbons (Fsp3) is 0.385.